The van der Waals surface area contributed by atoms with Crippen LogP contribution in [-0.2, 0) is 9.47 Å². The molecule has 0 aromatic heterocycles. The second-order valence-corrected chi connectivity index (χ2v) is 5.45. The molecule has 0 spiro atoms. The van der Waals surface area contributed by atoms with Crippen molar-refractivity contribution < 1.29 is 29.2 Å². The van der Waals surface area contributed by atoms with Crippen molar-refractivity contribution in [1.82, 2.24) is 0 Å². The number of hydrogen-bond acceptors (Lipinski definition) is 6. The lowest BCUT2D eigenvalue weighted by molar-refractivity contribution is 0.0322. The molecule has 2 N–H and O–H groups in total. The number of fused-ring (bicyclic) bond motifs is 1. The first kappa shape index (κ1) is 18.5. The van der Waals surface area contributed by atoms with Crippen LogP contribution in [0.3, 0.4) is 0 Å². The Bertz CT molecular complexity index is 575. The van der Waals surface area contributed by atoms with Crippen molar-refractivity contribution in [3.05, 3.63) is 36.4 Å². The summed E-state index contributed by atoms with van der Waals surface area (Å²) < 4.78 is 21.2. The molecule has 0 aliphatic carbocycles. The van der Waals surface area contributed by atoms with E-state index in [1.54, 1.807) is 12.1 Å². The highest BCUT2D eigenvalue weighted by molar-refractivity contribution is 5.93. The third-order valence-electron chi connectivity index (χ3n) is 3.42. The van der Waals surface area contributed by atoms with Gasteiger partial charge in [0.2, 0.25) is 0 Å². The maximum absolute atomic E-state index is 9.72. The van der Waals surface area contributed by atoms with Crippen molar-refractivity contribution in [3.63, 3.8) is 0 Å². The average Bonchev–Trinajstić information content (AvgIpc) is 2.59. The summed E-state index contributed by atoms with van der Waals surface area (Å²) in [5, 5.41) is 21.2. The van der Waals surface area contributed by atoms with E-state index in [-0.39, 0.29) is 26.4 Å². The van der Waals surface area contributed by atoms with Crippen molar-refractivity contribution in [2.24, 2.45) is 0 Å². The van der Waals surface area contributed by atoms with E-state index in [4.69, 9.17) is 18.9 Å². The van der Waals surface area contributed by atoms with E-state index in [0.29, 0.717) is 11.5 Å². The molecular formula is C18H24O6. The summed E-state index contributed by atoms with van der Waals surface area (Å²) in [6, 6.07) is 11.2. The largest absolute Gasteiger partial charge is 0.490 e. The van der Waals surface area contributed by atoms with Gasteiger partial charge in [-0.3, -0.25) is 0 Å². The first-order valence-electron chi connectivity index (χ1n) is 7.77. The summed E-state index contributed by atoms with van der Waals surface area (Å²) in [5.74, 6) is 1.32. The fraction of sp³-hybridized carbons (Fsp3) is 0.444. The molecule has 2 aromatic rings. The van der Waals surface area contributed by atoms with Crippen molar-refractivity contribution >= 4 is 10.8 Å². The molecule has 0 radical (unpaired) electrons. The van der Waals surface area contributed by atoms with Gasteiger partial charge < -0.3 is 29.2 Å². The molecule has 0 aliphatic rings. The monoisotopic (exact) mass is 336 g/mol. The summed E-state index contributed by atoms with van der Waals surface area (Å²) in [5.41, 5.74) is 0. The Morgan fingerprint density at radius 1 is 0.708 bits per heavy atom. The summed E-state index contributed by atoms with van der Waals surface area (Å²) in [4.78, 5) is 0. The van der Waals surface area contributed by atoms with Gasteiger partial charge in [0, 0.05) is 25.0 Å². The van der Waals surface area contributed by atoms with Crippen molar-refractivity contribution in [2.45, 2.75) is 12.2 Å². The molecule has 0 saturated heterocycles. The Balaban J connectivity index is 2.13. The molecule has 0 saturated carbocycles. The van der Waals surface area contributed by atoms with Gasteiger partial charge in [-0.05, 0) is 12.1 Å². The molecule has 6 heteroatoms. The molecule has 2 aromatic carbocycles. The lowest BCUT2D eigenvalue weighted by Crippen LogP contribution is -2.23. The van der Waals surface area contributed by atoms with Crippen LogP contribution >= 0.6 is 0 Å². The minimum Gasteiger partial charge on any atom is -0.490 e. The highest BCUT2D eigenvalue weighted by Gasteiger charge is 2.11. The zero-order chi connectivity index (χ0) is 17.4. The van der Waals surface area contributed by atoms with Gasteiger partial charge in [-0.25, -0.2) is 0 Å². The van der Waals surface area contributed by atoms with E-state index in [0.717, 1.165) is 10.8 Å². The number of rotatable bonds is 10. The maximum Gasteiger partial charge on any atom is 0.127 e. The Kier molecular flexibility index (Phi) is 7.27. The predicted molar refractivity (Wildman–Crippen MR) is 90.7 cm³/mol. The van der Waals surface area contributed by atoms with Crippen LogP contribution in [0.2, 0.25) is 0 Å². The molecule has 2 atom stereocenters. The van der Waals surface area contributed by atoms with Gasteiger partial charge in [-0.15, -0.1) is 0 Å². The first-order valence-corrected chi connectivity index (χ1v) is 7.77. The second kappa shape index (κ2) is 9.44. The van der Waals surface area contributed by atoms with Gasteiger partial charge >= 0.3 is 0 Å². The van der Waals surface area contributed by atoms with E-state index in [2.05, 4.69) is 0 Å². The molecule has 0 amide bonds. The van der Waals surface area contributed by atoms with Crippen LogP contribution in [0.1, 0.15) is 0 Å². The van der Waals surface area contributed by atoms with E-state index in [9.17, 15) is 10.2 Å². The smallest absolute Gasteiger partial charge is 0.127 e. The van der Waals surface area contributed by atoms with Crippen LogP contribution in [-0.4, -0.2) is 63.1 Å². The highest BCUT2D eigenvalue weighted by Crippen LogP contribution is 2.33. The number of hydrogen-bond donors (Lipinski definition) is 2. The topological polar surface area (TPSA) is 77.4 Å². The minimum absolute atomic E-state index is 0.143. The van der Waals surface area contributed by atoms with Crippen molar-refractivity contribution in [2.75, 3.05) is 40.6 Å². The van der Waals surface area contributed by atoms with Crippen molar-refractivity contribution in [3.8, 4) is 11.5 Å². The van der Waals surface area contributed by atoms with Gasteiger partial charge in [0.25, 0.3) is 0 Å². The summed E-state index contributed by atoms with van der Waals surface area (Å²) in [6.07, 6.45) is -1.37. The molecule has 6 nitrogen and oxygen atoms in total. The van der Waals surface area contributed by atoms with E-state index in [1.165, 1.54) is 14.2 Å². The van der Waals surface area contributed by atoms with Crippen LogP contribution in [0.25, 0.3) is 10.8 Å². The van der Waals surface area contributed by atoms with Crippen LogP contribution in [0.15, 0.2) is 36.4 Å². The van der Waals surface area contributed by atoms with E-state index >= 15 is 0 Å². The molecule has 24 heavy (non-hydrogen) atoms. The van der Waals surface area contributed by atoms with Gasteiger partial charge in [0.15, 0.2) is 0 Å². The van der Waals surface area contributed by atoms with Gasteiger partial charge in [-0.1, -0.05) is 24.3 Å². The average molecular weight is 336 g/mol. The number of benzene rings is 2. The molecule has 2 rings (SSSR count). The third-order valence-corrected chi connectivity index (χ3v) is 3.42. The van der Waals surface area contributed by atoms with Crippen molar-refractivity contribution in [1.29, 1.82) is 0 Å². The molecule has 0 heterocycles. The molecule has 0 fully saturated rings. The number of methoxy groups -OCH3 is 2. The van der Waals surface area contributed by atoms with Crippen LogP contribution in [0.4, 0.5) is 0 Å². The number of aliphatic hydroxyl groups is 2. The van der Waals surface area contributed by atoms with E-state index in [1.807, 2.05) is 24.3 Å². The first-order chi connectivity index (χ1) is 11.7. The lowest BCUT2D eigenvalue weighted by Gasteiger charge is -2.16. The molecule has 132 valence electrons. The van der Waals surface area contributed by atoms with Crippen LogP contribution in [0, 0.1) is 0 Å². The zero-order valence-corrected chi connectivity index (χ0v) is 14.0. The summed E-state index contributed by atoms with van der Waals surface area (Å²) in [6.45, 7) is 0.724. The molecular weight excluding hydrogens is 312 g/mol. The predicted octanol–water partition coefficient (Wildman–Crippen LogP) is 1.61. The van der Waals surface area contributed by atoms with Crippen LogP contribution < -0.4 is 9.47 Å². The van der Waals surface area contributed by atoms with Gasteiger partial charge in [0.1, 0.15) is 36.9 Å². The molecule has 2 unspecified atom stereocenters. The number of aliphatic hydroxyl groups excluding tert-OH is 2. The highest BCUT2D eigenvalue weighted by atomic mass is 16.5. The maximum atomic E-state index is 9.72. The second-order valence-electron chi connectivity index (χ2n) is 5.45. The SMILES string of the molecule is COCC(O)COc1ccc(OCC(O)COC)c2ccccc12. The lowest BCUT2D eigenvalue weighted by atomic mass is 10.1. The minimum atomic E-state index is -0.686. The van der Waals surface area contributed by atoms with Gasteiger partial charge in [0.05, 0.1) is 13.2 Å². The third kappa shape index (κ3) is 5.07. The van der Waals surface area contributed by atoms with Gasteiger partial charge in [-0.2, -0.15) is 0 Å². The Hall–Kier alpha value is -1.86. The Morgan fingerprint density at radius 2 is 1.12 bits per heavy atom. The summed E-state index contributed by atoms with van der Waals surface area (Å²) in [7, 11) is 3.06. The summed E-state index contributed by atoms with van der Waals surface area (Å²) >= 11 is 0. The fourth-order valence-electron chi connectivity index (χ4n) is 2.35. The molecule has 0 aliphatic heterocycles. The quantitative estimate of drug-likeness (QED) is 0.686. The zero-order valence-electron chi connectivity index (χ0n) is 14.0. The fourth-order valence-corrected chi connectivity index (χ4v) is 2.35. The Labute approximate surface area is 141 Å². The van der Waals surface area contributed by atoms with Crippen LogP contribution in [0.5, 0.6) is 11.5 Å². The normalized spacial score (nSPS) is 13.7. The number of ether oxygens (including phenoxy) is 4. The molecule has 0 bridgehead atoms. The standard InChI is InChI=1S/C18H24O6/c1-21-9-13(19)11-23-17-7-8-18(24-12-14(20)10-22-2)16-6-4-3-5-15(16)17/h3-8,13-14,19-20H,9-12H2,1-2H3. The van der Waals surface area contributed by atoms with E-state index < -0.39 is 12.2 Å². The Morgan fingerprint density at radius 3 is 1.50 bits per heavy atom.